The highest BCUT2D eigenvalue weighted by Gasteiger charge is 2.29. The Kier molecular flexibility index (Phi) is 6.99. The maximum Gasteiger partial charge on any atom is 0.0900 e. The van der Waals surface area contributed by atoms with Gasteiger partial charge in [0.2, 0.25) is 0 Å². The van der Waals surface area contributed by atoms with E-state index in [1.54, 1.807) is 7.11 Å². The van der Waals surface area contributed by atoms with Crippen molar-refractivity contribution in [3.63, 3.8) is 0 Å². The number of nitrogens with zero attached hydrogens (tertiary/aromatic N) is 1. The van der Waals surface area contributed by atoms with Gasteiger partial charge in [-0.3, -0.25) is 4.90 Å². The molecule has 0 aromatic heterocycles. The van der Waals surface area contributed by atoms with Crippen LogP contribution in [0.4, 0.5) is 0 Å². The van der Waals surface area contributed by atoms with Crippen LogP contribution in [0, 0.1) is 5.92 Å². The van der Waals surface area contributed by atoms with Crippen molar-refractivity contribution in [3.05, 3.63) is 0 Å². The van der Waals surface area contributed by atoms with Gasteiger partial charge >= 0.3 is 0 Å². The summed E-state index contributed by atoms with van der Waals surface area (Å²) in [4.78, 5) is 2.29. The van der Waals surface area contributed by atoms with Gasteiger partial charge in [0.05, 0.1) is 25.9 Å². The number of aliphatic hydroxyl groups is 1. The average Bonchev–Trinajstić information content (AvgIpc) is 2.66. The number of hydrogen-bond donors (Lipinski definition) is 2. The lowest BCUT2D eigenvalue weighted by molar-refractivity contribution is -0.00161. The molecule has 0 amide bonds. The van der Waals surface area contributed by atoms with Crippen molar-refractivity contribution < 1.29 is 14.6 Å². The molecule has 102 valence electrons. The molecule has 5 nitrogen and oxygen atoms in total. The van der Waals surface area contributed by atoms with E-state index in [2.05, 4.69) is 11.8 Å². The fourth-order valence-corrected chi connectivity index (χ4v) is 2.33. The summed E-state index contributed by atoms with van der Waals surface area (Å²) in [6.07, 6.45) is 0.708. The Labute approximate surface area is 104 Å². The molecular formula is C12H26N2O3. The Morgan fingerprint density at radius 2 is 2.24 bits per heavy atom. The number of β-amino-alcohol motifs (C(OH)–C–C–N with tert-alkyl or cyclic N) is 1. The van der Waals surface area contributed by atoms with Crippen molar-refractivity contribution in [1.29, 1.82) is 0 Å². The first-order valence-corrected chi connectivity index (χ1v) is 6.36. The first-order valence-electron chi connectivity index (χ1n) is 6.36. The summed E-state index contributed by atoms with van der Waals surface area (Å²) in [5.41, 5.74) is 5.67. The van der Waals surface area contributed by atoms with Crippen molar-refractivity contribution in [1.82, 2.24) is 4.90 Å². The second-order valence-corrected chi connectivity index (χ2v) is 4.86. The lowest BCUT2D eigenvalue weighted by atomic mass is 10.1. The van der Waals surface area contributed by atoms with E-state index in [1.165, 1.54) is 0 Å². The van der Waals surface area contributed by atoms with E-state index in [0.717, 1.165) is 19.5 Å². The summed E-state index contributed by atoms with van der Waals surface area (Å²) in [7, 11) is 1.64. The largest absolute Gasteiger partial charge is 0.389 e. The molecule has 1 aliphatic rings. The third kappa shape index (κ3) is 5.31. The molecule has 0 radical (unpaired) electrons. The van der Waals surface area contributed by atoms with Crippen LogP contribution in [0.1, 0.15) is 13.3 Å². The molecule has 1 aliphatic heterocycles. The molecule has 1 heterocycles. The standard InChI is InChI=1S/C12H26N2O3/c1-10-5-11(6-13)7-14(10)8-12(15)9-17-4-3-16-2/h10-12,15H,3-9,13H2,1-2H3. The highest BCUT2D eigenvalue weighted by molar-refractivity contribution is 4.84. The van der Waals surface area contributed by atoms with Gasteiger partial charge < -0.3 is 20.3 Å². The van der Waals surface area contributed by atoms with E-state index in [1.807, 2.05) is 0 Å². The molecule has 3 unspecified atom stereocenters. The lowest BCUT2D eigenvalue weighted by Crippen LogP contribution is -2.37. The summed E-state index contributed by atoms with van der Waals surface area (Å²) in [6, 6.07) is 0.511. The third-order valence-electron chi connectivity index (χ3n) is 3.31. The Hall–Kier alpha value is -0.200. The second-order valence-electron chi connectivity index (χ2n) is 4.86. The maximum atomic E-state index is 9.85. The van der Waals surface area contributed by atoms with E-state index in [9.17, 15) is 5.11 Å². The van der Waals surface area contributed by atoms with E-state index in [4.69, 9.17) is 15.2 Å². The highest BCUT2D eigenvalue weighted by Crippen LogP contribution is 2.21. The Balaban J connectivity index is 2.15. The molecule has 1 rings (SSSR count). The Morgan fingerprint density at radius 1 is 1.47 bits per heavy atom. The normalized spacial score (nSPS) is 27.5. The van der Waals surface area contributed by atoms with Crippen LogP contribution in [0.25, 0.3) is 0 Å². The van der Waals surface area contributed by atoms with Crippen LogP contribution in [0.15, 0.2) is 0 Å². The Morgan fingerprint density at radius 3 is 2.82 bits per heavy atom. The predicted molar refractivity (Wildman–Crippen MR) is 66.9 cm³/mol. The molecule has 0 aromatic rings. The van der Waals surface area contributed by atoms with Crippen LogP contribution in [0.5, 0.6) is 0 Å². The van der Waals surface area contributed by atoms with Crippen molar-refractivity contribution in [2.45, 2.75) is 25.5 Å². The van der Waals surface area contributed by atoms with E-state index < -0.39 is 6.10 Å². The number of nitrogens with two attached hydrogens (primary N) is 1. The first kappa shape index (κ1) is 14.9. The van der Waals surface area contributed by atoms with Crippen LogP contribution in [0.3, 0.4) is 0 Å². The fraction of sp³-hybridized carbons (Fsp3) is 1.00. The predicted octanol–water partition coefficient (Wildman–Crippen LogP) is -0.321. The zero-order valence-corrected chi connectivity index (χ0v) is 11.0. The SMILES string of the molecule is COCCOCC(O)CN1CC(CN)CC1C. The van der Waals surface area contributed by atoms with Gasteiger partial charge in [-0.25, -0.2) is 0 Å². The molecule has 3 atom stereocenters. The van der Waals surface area contributed by atoms with Gasteiger partial charge in [-0.2, -0.15) is 0 Å². The number of aliphatic hydroxyl groups excluding tert-OH is 1. The molecule has 0 bridgehead atoms. The summed E-state index contributed by atoms with van der Waals surface area (Å²) >= 11 is 0. The smallest absolute Gasteiger partial charge is 0.0900 e. The minimum absolute atomic E-state index is 0.375. The summed E-state index contributed by atoms with van der Waals surface area (Å²) in [5, 5.41) is 9.85. The highest BCUT2D eigenvalue weighted by atomic mass is 16.5. The van der Waals surface area contributed by atoms with Gasteiger partial charge in [0, 0.05) is 26.2 Å². The molecule has 1 saturated heterocycles. The molecule has 0 spiro atoms. The van der Waals surface area contributed by atoms with Gasteiger partial charge in [0.25, 0.3) is 0 Å². The van der Waals surface area contributed by atoms with Crippen molar-refractivity contribution in [2.75, 3.05) is 46.6 Å². The van der Waals surface area contributed by atoms with Gasteiger partial charge in [-0.1, -0.05) is 0 Å². The number of ether oxygens (including phenoxy) is 2. The van der Waals surface area contributed by atoms with Crippen LogP contribution in [-0.4, -0.2) is 68.7 Å². The van der Waals surface area contributed by atoms with E-state index in [0.29, 0.717) is 38.3 Å². The topological polar surface area (TPSA) is 68.0 Å². The van der Waals surface area contributed by atoms with Crippen molar-refractivity contribution in [3.8, 4) is 0 Å². The molecule has 0 aliphatic carbocycles. The van der Waals surface area contributed by atoms with Crippen molar-refractivity contribution >= 4 is 0 Å². The van der Waals surface area contributed by atoms with Crippen molar-refractivity contribution in [2.24, 2.45) is 11.7 Å². The average molecular weight is 246 g/mol. The Bertz CT molecular complexity index is 204. The quantitative estimate of drug-likeness (QED) is 0.575. The fourth-order valence-electron chi connectivity index (χ4n) is 2.33. The third-order valence-corrected chi connectivity index (χ3v) is 3.31. The van der Waals surface area contributed by atoms with Crippen LogP contribution in [-0.2, 0) is 9.47 Å². The number of methoxy groups -OCH3 is 1. The van der Waals surface area contributed by atoms with Crippen LogP contribution >= 0.6 is 0 Å². The summed E-state index contributed by atoms with van der Waals surface area (Å²) in [5.74, 6) is 0.576. The number of rotatable bonds is 8. The van der Waals surface area contributed by atoms with E-state index in [-0.39, 0.29) is 0 Å². The zero-order chi connectivity index (χ0) is 12.7. The summed E-state index contributed by atoms with van der Waals surface area (Å²) in [6.45, 7) is 6.07. The van der Waals surface area contributed by atoms with Gasteiger partial charge in [0.15, 0.2) is 0 Å². The van der Waals surface area contributed by atoms with E-state index >= 15 is 0 Å². The lowest BCUT2D eigenvalue weighted by Gasteiger charge is -2.24. The molecule has 17 heavy (non-hydrogen) atoms. The van der Waals surface area contributed by atoms with Gasteiger partial charge in [-0.05, 0) is 25.8 Å². The number of likely N-dealkylation sites (tertiary alicyclic amines) is 1. The van der Waals surface area contributed by atoms with Gasteiger partial charge in [0.1, 0.15) is 0 Å². The molecule has 3 N–H and O–H groups in total. The second kappa shape index (κ2) is 8.00. The minimum Gasteiger partial charge on any atom is -0.389 e. The molecule has 0 aromatic carbocycles. The zero-order valence-electron chi connectivity index (χ0n) is 11.0. The maximum absolute atomic E-state index is 9.85. The summed E-state index contributed by atoms with van der Waals surface area (Å²) < 4.78 is 10.2. The molecule has 5 heteroatoms. The van der Waals surface area contributed by atoms with Crippen LogP contribution in [0.2, 0.25) is 0 Å². The molecule has 1 fully saturated rings. The minimum atomic E-state index is -0.425. The molecule has 0 saturated carbocycles. The van der Waals surface area contributed by atoms with Crippen LogP contribution < -0.4 is 5.73 Å². The monoisotopic (exact) mass is 246 g/mol. The number of hydrogen-bond acceptors (Lipinski definition) is 5. The molecular weight excluding hydrogens is 220 g/mol. The van der Waals surface area contributed by atoms with Gasteiger partial charge in [-0.15, -0.1) is 0 Å². The first-order chi connectivity index (χ1) is 8.17.